The lowest BCUT2D eigenvalue weighted by atomic mass is 10.2. The Morgan fingerprint density at radius 2 is 1.84 bits per heavy atom. The SMILES string of the molecule is CCN(CC)c1ccc(CN(Cc2ccco2)C2=NCCCS2)cc1. The first-order valence-electron chi connectivity index (χ1n) is 9.08. The summed E-state index contributed by atoms with van der Waals surface area (Å²) in [5.41, 5.74) is 2.59. The fourth-order valence-electron chi connectivity index (χ4n) is 3.04. The molecule has 0 spiro atoms. The first-order valence-corrected chi connectivity index (χ1v) is 10.1. The molecule has 134 valence electrons. The Labute approximate surface area is 154 Å². The van der Waals surface area contributed by atoms with E-state index in [4.69, 9.17) is 9.41 Å². The minimum Gasteiger partial charge on any atom is -0.467 e. The van der Waals surface area contributed by atoms with Crippen molar-refractivity contribution < 1.29 is 4.42 Å². The summed E-state index contributed by atoms with van der Waals surface area (Å²) in [5.74, 6) is 2.13. The first-order chi connectivity index (χ1) is 12.3. The van der Waals surface area contributed by atoms with Crippen LogP contribution in [0.4, 0.5) is 5.69 Å². The van der Waals surface area contributed by atoms with Crippen molar-refractivity contribution in [3.8, 4) is 0 Å². The number of nitrogens with zero attached hydrogens (tertiary/aromatic N) is 3. The van der Waals surface area contributed by atoms with Crippen LogP contribution in [-0.2, 0) is 13.1 Å². The van der Waals surface area contributed by atoms with Crippen LogP contribution in [0.1, 0.15) is 31.6 Å². The van der Waals surface area contributed by atoms with Crippen LogP contribution in [0.3, 0.4) is 0 Å². The molecule has 25 heavy (non-hydrogen) atoms. The number of hydrogen-bond acceptors (Lipinski definition) is 5. The molecule has 0 aliphatic carbocycles. The fraction of sp³-hybridized carbons (Fsp3) is 0.450. The summed E-state index contributed by atoms with van der Waals surface area (Å²) in [7, 11) is 0. The maximum absolute atomic E-state index is 5.56. The molecule has 0 unspecified atom stereocenters. The number of thioether (sulfide) groups is 1. The molecule has 0 radical (unpaired) electrons. The predicted molar refractivity (Wildman–Crippen MR) is 107 cm³/mol. The van der Waals surface area contributed by atoms with Crippen molar-refractivity contribution in [2.24, 2.45) is 4.99 Å². The van der Waals surface area contributed by atoms with Gasteiger partial charge in [0.25, 0.3) is 0 Å². The van der Waals surface area contributed by atoms with E-state index in [1.807, 2.05) is 23.9 Å². The molecule has 2 aromatic rings. The second kappa shape index (κ2) is 8.99. The van der Waals surface area contributed by atoms with Crippen molar-refractivity contribution in [1.82, 2.24) is 4.90 Å². The Hall–Kier alpha value is -1.88. The van der Waals surface area contributed by atoms with Gasteiger partial charge < -0.3 is 14.2 Å². The van der Waals surface area contributed by atoms with E-state index in [2.05, 4.69) is 47.9 Å². The molecule has 1 aromatic heterocycles. The van der Waals surface area contributed by atoms with Gasteiger partial charge >= 0.3 is 0 Å². The van der Waals surface area contributed by atoms with Crippen molar-refractivity contribution in [1.29, 1.82) is 0 Å². The second-order valence-electron chi connectivity index (χ2n) is 6.14. The maximum atomic E-state index is 5.56. The highest BCUT2D eigenvalue weighted by atomic mass is 32.2. The monoisotopic (exact) mass is 357 g/mol. The normalized spacial score (nSPS) is 14.2. The highest BCUT2D eigenvalue weighted by Gasteiger charge is 2.17. The zero-order valence-electron chi connectivity index (χ0n) is 15.1. The van der Waals surface area contributed by atoms with Crippen LogP contribution < -0.4 is 4.90 Å². The Morgan fingerprint density at radius 3 is 2.44 bits per heavy atom. The van der Waals surface area contributed by atoms with Gasteiger partial charge in [0.15, 0.2) is 5.17 Å². The van der Waals surface area contributed by atoms with Crippen LogP contribution in [0.5, 0.6) is 0 Å². The number of aliphatic imine (C=N–C) groups is 1. The van der Waals surface area contributed by atoms with E-state index in [1.165, 1.54) is 17.7 Å². The van der Waals surface area contributed by atoms with Crippen molar-refractivity contribution in [3.05, 3.63) is 54.0 Å². The van der Waals surface area contributed by atoms with E-state index >= 15 is 0 Å². The zero-order chi connectivity index (χ0) is 17.5. The molecule has 0 saturated heterocycles. The number of rotatable bonds is 7. The van der Waals surface area contributed by atoms with Crippen LogP contribution in [0, 0.1) is 0 Å². The average molecular weight is 358 g/mol. The van der Waals surface area contributed by atoms with Gasteiger partial charge in [-0.25, -0.2) is 0 Å². The molecule has 0 fully saturated rings. The maximum Gasteiger partial charge on any atom is 0.159 e. The molecular weight excluding hydrogens is 330 g/mol. The van der Waals surface area contributed by atoms with Gasteiger partial charge in [-0.3, -0.25) is 4.99 Å². The Balaban J connectivity index is 1.74. The average Bonchev–Trinajstić information content (AvgIpc) is 3.17. The largest absolute Gasteiger partial charge is 0.467 e. The van der Waals surface area contributed by atoms with Gasteiger partial charge in [0.2, 0.25) is 0 Å². The van der Waals surface area contributed by atoms with Crippen LogP contribution >= 0.6 is 11.8 Å². The number of furan rings is 1. The van der Waals surface area contributed by atoms with Gasteiger partial charge in [0.1, 0.15) is 5.76 Å². The van der Waals surface area contributed by atoms with Crippen molar-refractivity contribution in [2.75, 3.05) is 30.3 Å². The topological polar surface area (TPSA) is 32.0 Å². The molecule has 5 heteroatoms. The molecule has 2 heterocycles. The molecule has 0 atom stereocenters. The Bertz CT molecular complexity index is 663. The van der Waals surface area contributed by atoms with Gasteiger partial charge in [0.05, 0.1) is 12.8 Å². The van der Waals surface area contributed by atoms with Gasteiger partial charge in [-0.1, -0.05) is 23.9 Å². The molecular formula is C20H27N3OS. The Morgan fingerprint density at radius 1 is 1.04 bits per heavy atom. The number of benzene rings is 1. The molecule has 0 amide bonds. The lowest BCUT2D eigenvalue weighted by Crippen LogP contribution is -2.30. The van der Waals surface area contributed by atoms with E-state index in [9.17, 15) is 0 Å². The summed E-state index contributed by atoms with van der Waals surface area (Å²) in [6, 6.07) is 12.9. The smallest absolute Gasteiger partial charge is 0.159 e. The fourth-order valence-corrected chi connectivity index (χ4v) is 3.99. The van der Waals surface area contributed by atoms with Gasteiger partial charge in [-0.05, 0) is 50.1 Å². The minimum absolute atomic E-state index is 0.761. The highest BCUT2D eigenvalue weighted by Crippen LogP contribution is 2.22. The van der Waals surface area contributed by atoms with E-state index < -0.39 is 0 Å². The van der Waals surface area contributed by atoms with Crippen molar-refractivity contribution >= 4 is 22.6 Å². The van der Waals surface area contributed by atoms with E-state index in [0.717, 1.165) is 49.4 Å². The molecule has 1 aromatic carbocycles. The lowest BCUT2D eigenvalue weighted by Gasteiger charge is -2.27. The molecule has 0 N–H and O–H groups in total. The third-order valence-corrected chi connectivity index (χ3v) is 5.55. The summed E-state index contributed by atoms with van der Waals surface area (Å²) in [4.78, 5) is 9.43. The second-order valence-corrected chi connectivity index (χ2v) is 7.20. The molecule has 0 saturated carbocycles. The first kappa shape index (κ1) is 17.9. The summed E-state index contributed by atoms with van der Waals surface area (Å²) < 4.78 is 5.56. The number of anilines is 1. The van der Waals surface area contributed by atoms with Crippen LogP contribution in [0.15, 0.2) is 52.1 Å². The van der Waals surface area contributed by atoms with Crippen LogP contribution in [0.2, 0.25) is 0 Å². The molecule has 1 aliphatic heterocycles. The zero-order valence-corrected chi connectivity index (χ0v) is 16.0. The lowest BCUT2D eigenvalue weighted by molar-refractivity contribution is 0.360. The number of hydrogen-bond donors (Lipinski definition) is 0. The van der Waals surface area contributed by atoms with E-state index in [1.54, 1.807) is 6.26 Å². The molecule has 1 aliphatic rings. The third-order valence-electron chi connectivity index (χ3n) is 4.42. The van der Waals surface area contributed by atoms with Crippen LogP contribution in [-0.4, -0.2) is 35.5 Å². The summed E-state index contributed by atoms with van der Waals surface area (Å²) >= 11 is 1.85. The van der Waals surface area contributed by atoms with Crippen molar-refractivity contribution in [2.45, 2.75) is 33.4 Å². The van der Waals surface area contributed by atoms with Gasteiger partial charge in [0, 0.05) is 37.6 Å². The standard InChI is InChI=1S/C20H27N3OS/c1-3-22(4-2)18-10-8-17(9-11-18)15-23(16-19-7-5-13-24-19)20-21-12-6-14-25-20/h5,7-11,13H,3-4,6,12,14-16H2,1-2H3. The Kier molecular flexibility index (Phi) is 6.45. The number of amidine groups is 1. The highest BCUT2D eigenvalue weighted by molar-refractivity contribution is 8.13. The van der Waals surface area contributed by atoms with E-state index in [0.29, 0.717) is 0 Å². The van der Waals surface area contributed by atoms with E-state index in [-0.39, 0.29) is 0 Å². The van der Waals surface area contributed by atoms with Crippen molar-refractivity contribution in [3.63, 3.8) is 0 Å². The summed E-state index contributed by atoms with van der Waals surface area (Å²) in [6.07, 6.45) is 2.91. The minimum atomic E-state index is 0.761. The predicted octanol–water partition coefficient (Wildman–Crippen LogP) is 4.62. The quantitative estimate of drug-likeness (QED) is 0.724. The summed E-state index contributed by atoms with van der Waals surface area (Å²) in [6.45, 7) is 9.00. The molecule has 0 bridgehead atoms. The molecule has 4 nitrogen and oxygen atoms in total. The third kappa shape index (κ3) is 4.82. The van der Waals surface area contributed by atoms with Crippen LogP contribution in [0.25, 0.3) is 0 Å². The van der Waals surface area contributed by atoms with Gasteiger partial charge in [-0.2, -0.15) is 0 Å². The molecule has 3 rings (SSSR count). The summed E-state index contributed by atoms with van der Waals surface area (Å²) in [5, 5.41) is 1.13. The van der Waals surface area contributed by atoms with Gasteiger partial charge in [-0.15, -0.1) is 0 Å².